The Balaban J connectivity index is 1.87. The molecule has 0 bridgehead atoms. The van der Waals surface area contributed by atoms with Gasteiger partial charge in [0.25, 0.3) is 5.91 Å². The van der Waals surface area contributed by atoms with E-state index in [9.17, 15) is 9.59 Å². The SMILES string of the molecule is CC[C@H](C(=O)NCCC(C)C)N(C(=O)Cn1nnc(-c2ccc(OC)c(OC)c2)n1)c1cccc(OC)c1. The number of amides is 2. The van der Waals surface area contributed by atoms with E-state index < -0.39 is 6.04 Å². The van der Waals surface area contributed by atoms with Crippen molar-refractivity contribution in [3.63, 3.8) is 0 Å². The van der Waals surface area contributed by atoms with Crippen LogP contribution in [-0.2, 0) is 16.1 Å². The summed E-state index contributed by atoms with van der Waals surface area (Å²) in [7, 11) is 4.65. The Morgan fingerprint density at radius 1 is 1.03 bits per heavy atom. The minimum atomic E-state index is -0.726. The van der Waals surface area contributed by atoms with Crippen LogP contribution >= 0.6 is 0 Å². The van der Waals surface area contributed by atoms with E-state index in [4.69, 9.17) is 14.2 Å². The lowest BCUT2D eigenvalue weighted by Crippen LogP contribution is -2.51. The lowest BCUT2D eigenvalue weighted by atomic mass is 10.1. The fourth-order valence-corrected chi connectivity index (χ4v) is 3.94. The van der Waals surface area contributed by atoms with Crippen LogP contribution < -0.4 is 24.4 Å². The van der Waals surface area contributed by atoms with Gasteiger partial charge in [-0.3, -0.25) is 14.5 Å². The van der Waals surface area contributed by atoms with Crippen molar-refractivity contribution >= 4 is 17.5 Å². The molecule has 1 aromatic heterocycles. The molecule has 1 atom stereocenters. The maximum Gasteiger partial charge on any atom is 0.251 e. The van der Waals surface area contributed by atoms with Gasteiger partial charge in [0.2, 0.25) is 11.7 Å². The van der Waals surface area contributed by atoms with Crippen molar-refractivity contribution in [3.8, 4) is 28.6 Å². The molecule has 1 N–H and O–H groups in total. The third kappa shape index (κ3) is 6.99. The van der Waals surface area contributed by atoms with Gasteiger partial charge in [-0.05, 0) is 54.3 Å². The zero-order chi connectivity index (χ0) is 27.7. The number of methoxy groups -OCH3 is 3. The lowest BCUT2D eigenvalue weighted by molar-refractivity contribution is -0.127. The first kappa shape index (κ1) is 28.4. The van der Waals surface area contributed by atoms with Crippen LogP contribution in [0.5, 0.6) is 17.2 Å². The topological polar surface area (TPSA) is 121 Å². The Morgan fingerprint density at radius 3 is 2.45 bits per heavy atom. The number of carbonyl (C=O) groups is 2. The van der Waals surface area contributed by atoms with Gasteiger partial charge < -0.3 is 19.5 Å². The molecule has 0 fully saturated rings. The van der Waals surface area contributed by atoms with Gasteiger partial charge in [-0.1, -0.05) is 26.8 Å². The molecule has 2 amide bonds. The monoisotopic (exact) mass is 524 g/mol. The fourth-order valence-electron chi connectivity index (χ4n) is 3.94. The first-order valence-electron chi connectivity index (χ1n) is 12.5. The standard InChI is InChI=1S/C27H36N6O5/c1-7-22(27(35)28-14-13-18(2)3)33(20-9-8-10-21(16-20)36-4)25(34)17-32-30-26(29-31-32)19-11-12-23(37-5)24(15-19)38-6/h8-12,15-16,18,22H,7,13-14,17H2,1-6H3,(H,28,35)/t22-/m1/s1. The van der Waals surface area contributed by atoms with Crippen molar-refractivity contribution in [2.24, 2.45) is 5.92 Å². The van der Waals surface area contributed by atoms with Gasteiger partial charge in [-0.2, -0.15) is 4.80 Å². The largest absolute Gasteiger partial charge is 0.497 e. The molecular formula is C27H36N6O5. The van der Waals surface area contributed by atoms with E-state index in [1.165, 1.54) is 9.70 Å². The third-order valence-corrected chi connectivity index (χ3v) is 5.99. The molecule has 0 unspecified atom stereocenters. The van der Waals surface area contributed by atoms with Gasteiger partial charge in [0, 0.05) is 23.9 Å². The predicted octanol–water partition coefficient (Wildman–Crippen LogP) is 3.34. The molecule has 0 aliphatic rings. The molecule has 204 valence electrons. The fraction of sp³-hybridized carbons (Fsp3) is 0.444. The maximum absolute atomic E-state index is 13.7. The van der Waals surface area contributed by atoms with Crippen molar-refractivity contribution in [3.05, 3.63) is 42.5 Å². The number of hydrogen-bond acceptors (Lipinski definition) is 8. The summed E-state index contributed by atoms with van der Waals surface area (Å²) in [5.41, 5.74) is 1.20. The van der Waals surface area contributed by atoms with Gasteiger partial charge in [0.05, 0.1) is 21.3 Å². The molecule has 0 aliphatic heterocycles. The Morgan fingerprint density at radius 2 is 1.79 bits per heavy atom. The molecule has 2 aromatic carbocycles. The van der Waals surface area contributed by atoms with Crippen molar-refractivity contribution in [2.75, 3.05) is 32.8 Å². The van der Waals surface area contributed by atoms with Crippen molar-refractivity contribution in [2.45, 2.75) is 46.2 Å². The summed E-state index contributed by atoms with van der Waals surface area (Å²) in [6, 6.07) is 11.6. The number of nitrogens with one attached hydrogen (secondary N) is 1. The Hall–Kier alpha value is -4.15. The van der Waals surface area contributed by atoms with Crippen LogP contribution in [0, 0.1) is 5.92 Å². The van der Waals surface area contributed by atoms with Crippen molar-refractivity contribution < 1.29 is 23.8 Å². The highest BCUT2D eigenvalue weighted by Gasteiger charge is 2.30. The van der Waals surface area contributed by atoms with E-state index in [1.54, 1.807) is 63.8 Å². The number of nitrogens with zero attached hydrogens (tertiary/aromatic N) is 5. The maximum atomic E-state index is 13.7. The number of benzene rings is 2. The van der Waals surface area contributed by atoms with Gasteiger partial charge >= 0.3 is 0 Å². The second-order valence-electron chi connectivity index (χ2n) is 9.08. The van der Waals surface area contributed by atoms with Crippen LogP contribution in [0.3, 0.4) is 0 Å². The normalized spacial score (nSPS) is 11.7. The van der Waals surface area contributed by atoms with E-state index in [2.05, 4.69) is 34.6 Å². The highest BCUT2D eigenvalue weighted by Crippen LogP contribution is 2.31. The number of ether oxygens (including phenoxy) is 3. The highest BCUT2D eigenvalue weighted by molar-refractivity contribution is 6.00. The summed E-state index contributed by atoms with van der Waals surface area (Å²) in [5.74, 6) is 1.86. The Bertz CT molecular complexity index is 1230. The molecule has 11 nitrogen and oxygen atoms in total. The lowest BCUT2D eigenvalue weighted by Gasteiger charge is -2.30. The summed E-state index contributed by atoms with van der Waals surface area (Å²) in [6.07, 6.45) is 1.26. The quantitative estimate of drug-likeness (QED) is 0.361. The highest BCUT2D eigenvalue weighted by atomic mass is 16.5. The van der Waals surface area contributed by atoms with E-state index in [0.717, 1.165) is 6.42 Å². The van der Waals surface area contributed by atoms with E-state index in [0.29, 0.717) is 53.2 Å². The second-order valence-corrected chi connectivity index (χ2v) is 9.08. The van der Waals surface area contributed by atoms with Crippen molar-refractivity contribution in [1.82, 2.24) is 25.5 Å². The minimum absolute atomic E-state index is 0.215. The Labute approximate surface area is 223 Å². The molecule has 0 saturated heterocycles. The molecule has 11 heteroatoms. The van der Waals surface area contributed by atoms with Crippen LogP contribution in [0.2, 0.25) is 0 Å². The average Bonchev–Trinajstić information content (AvgIpc) is 3.39. The summed E-state index contributed by atoms with van der Waals surface area (Å²) in [6.45, 7) is 6.38. The number of anilines is 1. The Kier molecular flexibility index (Phi) is 10.0. The number of rotatable bonds is 13. The molecule has 38 heavy (non-hydrogen) atoms. The van der Waals surface area contributed by atoms with Crippen molar-refractivity contribution in [1.29, 1.82) is 0 Å². The summed E-state index contributed by atoms with van der Waals surface area (Å²) < 4.78 is 16.0. The summed E-state index contributed by atoms with van der Waals surface area (Å²) in [5, 5.41) is 15.5. The van der Waals surface area contributed by atoms with Crippen LogP contribution in [0.4, 0.5) is 5.69 Å². The van der Waals surface area contributed by atoms with Crippen LogP contribution in [0.15, 0.2) is 42.5 Å². The van der Waals surface area contributed by atoms with Crippen LogP contribution in [-0.4, -0.2) is 65.9 Å². The molecule has 3 rings (SSSR count). The van der Waals surface area contributed by atoms with Crippen LogP contribution in [0.1, 0.15) is 33.6 Å². The second kappa shape index (κ2) is 13.4. The molecular weight excluding hydrogens is 488 g/mol. The minimum Gasteiger partial charge on any atom is -0.497 e. The van der Waals surface area contributed by atoms with E-state index in [-0.39, 0.29) is 18.4 Å². The van der Waals surface area contributed by atoms with E-state index >= 15 is 0 Å². The molecule has 1 heterocycles. The summed E-state index contributed by atoms with van der Waals surface area (Å²) >= 11 is 0. The number of tetrazole rings is 1. The van der Waals surface area contributed by atoms with Gasteiger partial charge in [0.15, 0.2) is 11.5 Å². The predicted molar refractivity (Wildman–Crippen MR) is 143 cm³/mol. The molecule has 0 aliphatic carbocycles. The molecule has 0 radical (unpaired) electrons. The molecule has 3 aromatic rings. The first-order chi connectivity index (χ1) is 18.3. The van der Waals surface area contributed by atoms with E-state index in [1.807, 2.05) is 6.92 Å². The molecule has 0 spiro atoms. The van der Waals surface area contributed by atoms with Gasteiger partial charge in [-0.15, -0.1) is 10.2 Å². The third-order valence-electron chi connectivity index (χ3n) is 5.99. The smallest absolute Gasteiger partial charge is 0.251 e. The first-order valence-corrected chi connectivity index (χ1v) is 12.5. The van der Waals surface area contributed by atoms with Gasteiger partial charge in [-0.25, -0.2) is 0 Å². The number of hydrogen-bond donors (Lipinski definition) is 1. The average molecular weight is 525 g/mol. The zero-order valence-electron chi connectivity index (χ0n) is 22.8. The van der Waals surface area contributed by atoms with Crippen LogP contribution in [0.25, 0.3) is 11.4 Å². The summed E-state index contributed by atoms with van der Waals surface area (Å²) in [4.78, 5) is 29.5. The number of aromatic nitrogens is 4. The van der Waals surface area contributed by atoms with Gasteiger partial charge in [0.1, 0.15) is 18.3 Å². The zero-order valence-corrected chi connectivity index (χ0v) is 22.8. The molecule has 0 saturated carbocycles. The number of carbonyl (C=O) groups excluding carboxylic acids is 2.